The average Bonchev–Trinajstić information content (AvgIpc) is 2.38. The van der Waals surface area contributed by atoms with Crippen molar-refractivity contribution in [3.63, 3.8) is 0 Å². The van der Waals surface area contributed by atoms with Gasteiger partial charge >= 0.3 is 5.97 Å². The van der Waals surface area contributed by atoms with Crippen molar-refractivity contribution in [2.75, 3.05) is 19.8 Å². The van der Waals surface area contributed by atoms with Crippen LogP contribution in [0.1, 0.15) is 25.3 Å². The molecule has 1 aromatic carbocycles. The summed E-state index contributed by atoms with van der Waals surface area (Å²) in [6.45, 7) is 2.97. The summed E-state index contributed by atoms with van der Waals surface area (Å²) in [5.74, 6) is 0.344. The van der Waals surface area contributed by atoms with Gasteiger partial charge in [0, 0.05) is 4.47 Å². The number of hydrogen-bond donors (Lipinski definition) is 1. The molecule has 0 bridgehead atoms. The van der Waals surface area contributed by atoms with Crippen molar-refractivity contribution in [2.24, 2.45) is 5.73 Å². The quantitative estimate of drug-likeness (QED) is 0.588. The van der Waals surface area contributed by atoms with E-state index in [9.17, 15) is 4.79 Å². The number of rotatable bonds is 8. The highest BCUT2D eigenvalue weighted by Crippen LogP contribution is 2.23. The van der Waals surface area contributed by atoms with Crippen LogP contribution in [0.5, 0.6) is 5.75 Å². The molecular weight excluding hydrogens is 310 g/mol. The first-order valence-corrected chi connectivity index (χ1v) is 7.23. The van der Waals surface area contributed by atoms with Gasteiger partial charge in [-0.1, -0.05) is 29.3 Å². The fourth-order valence-corrected chi connectivity index (χ4v) is 1.96. The molecule has 0 aliphatic heterocycles. The highest BCUT2D eigenvalue weighted by molar-refractivity contribution is 9.10. The highest BCUT2D eigenvalue weighted by atomic mass is 79.9. The smallest absolute Gasteiger partial charge is 0.344 e. The predicted octanol–water partition coefficient (Wildman–Crippen LogP) is 2.67. The number of esters is 1. The summed E-state index contributed by atoms with van der Waals surface area (Å²) in [5, 5.41) is 0. The number of carbonyl (C=O) groups is 1. The second-order valence-corrected chi connectivity index (χ2v) is 5.07. The summed E-state index contributed by atoms with van der Waals surface area (Å²) in [4.78, 5) is 11.4. The Morgan fingerprint density at radius 1 is 1.42 bits per heavy atom. The van der Waals surface area contributed by atoms with E-state index < -0.39 is 0 Å². The first kappa shape index (κ1) is 16.0. The van der Waals surface area contributed by atoms with Crippen molar-refractivity contribution in [1.29, 1.82) is 0 Å². The molecule has 0 aliphatic rings. The molecule has 0 saturated carbocycles. The zero-order valence-corrected chi connectivity index (χ0v) is 12.7. The standard InChI is InChI=1S/C14H20BrNO3/c1-2-3-8-18-14(17)10-19-13-5-4-12(15)9-11(13)6-7-16/h4-5,9H,2-3,6-8,10,16H2,1H3. The molecular formula is C14H20BrNO3. The molecule has 0 saturated heterocycles. The maximum atomic E-state index is 11.4. The second kappa shape index (κ2) is 8.93. The molecule has 0 atom stereocenters. The monoisotopic (exact) mass is 329 g/mol. The predicted molar refractivity (Wildman–Crippen MR) is 78.3 cm³/mol. The lowest BCUT2D eigenvalue weighted by atomic mass is 10.1. The number of unbranched alkanes of at least 4 members (excludes halogenated alkanes) is 1. The summed E-state index contributed by atoms with van der Waals surface area (Å²) < 4.78 is 11.5. The lowest BCUT2D eigenvalue weighted by Gasteiger charge is -2.11. The second-order valence-electron chi connectivity index (χ2n) is 4.15. The van der Waals surface area contributed by atoms with Crippen LogP contribution in [0.3, 0.4) is 0 Å². The molecule has 0 aromatic heterocycles. The van der Waals surface area contributed by atoms with Gasteiger partial charge in [0.15, 0.2) is 6.61 Å². The van der Waals surface area contributed by atoms with Gasteiger partial charge in [0.25, 0.3) is 0 Å². The largest absolute Gasteiger partial charge is 0.482 e. The van der Waals surface area contributed by atoms with Gasteiger partial charge in [-0.3, -0.25) is 0 Å². The lowest BCUT2D eigenvalue weighted by molar-refractivity contribution is -0.146. The first-order valence-electron chi connectivity index (χ1n) is 6.44. The van der Waals surface area contributed by atoms with E-state index in [0.717, 1.165) is 22.9 Å². The number of carbonyl (C=O) groups excluding carboxylic acids is 1. The summed E-state index contributed by atoms with van der Waals surface area (Å²) in [7, 11) is 0. The van der Waals surface area contributed by atoms with Crippen LogP contribution in [0, 0.1) is 0 Å². The van der Waals surface area contributed by atoms with Crippen LogP contribution < -0.4 is 10.5 Å². The van der Waals surface area contributed by atoms with Crippen LogP contribution >= 0.6 is 15.9 Å². The van der Waals surface area contributed by atoms with Crippen LogP contribution in [0.25, 0.3) is 0 Å². The molecule has 5 heteroatoms. The average molecular weight is 330 g/mol. The molecule has 0 amide bonds. The molecule has 1 rings (SSSR count). The zero-order chi connectivity index (χ0) is 14.1. The van der Waals surface area contributed by atoms with Crippen LogP contribution in [0.15, 0.2) is 22.7 Å². The Hall–Kier alpha value is -1.07. The molecule has 19 heavy (non-hydrogen) atoms. The molecule has 0 spiro atoms. The van der Waals surface area contributed by atoms with Crippen LogP contribution in [-0.2, 0) is 16.0 Å². The SMILES string of the molecule is CCCCOC(=O)COc1ccc(Br)cc1CCN. The van der Waals surface area contributed by atoms with Gasteiger partial charge in [-0.2, -0.15) is 0 Å². The molecule has 2 N–H and O–H groups in total. The molecule has 0 radical (unpaired) electrons. The Morgan fingerprint density at radius 2 is 2.21 bits per heavy atom. The summed E-state index contributed by atoms with van der Waals surface area (Å²) in [5.41, 5.74) is 6.54. The lowest BCUT2D eigenvalue weighted by Crippen LogP contribution is -2.16. The van der Waals surface area contributed by atoms with Gasteiger partial charge < -0.3 is 15.2 Å². The Balaban J connectivity index is 2.50. The summed E-state index contributed by atoms with van der Waals surface area (Å²) >= 11 is 3.40. The van der Waals surface area contributed by atoms with E-state index in [2.05, 4.69) is 15.9 Å². The third-order valence-electron chi connectivity index (χ3n) is 2.54. The first-order chi connectivity index (χ1) is 9.17. The van der Waals surface area contributed by atoms with Crippen LogP contribution in [-0.4, -0.2) is 25.7 Å². The van der Waals surface area contributed by atoms with E-state index in [4.69, 9.17) is 15.2 Å². The van der Waals surface area contributed by atoms with E-state index in [1.807, 2.05) is 25.1 Å². The van der Waals surface area contributed by atoms with Gasteiger partial charge in [-0.05, 0) is 43.1 Å². The number of benzene rings is 1. The van der Waals surface area contributed by atoms with E-state index in [1.54, 1.807) is 0 Å². The van der Waals surface area contributed by atoms with Gasteiger partial charge in [0.1, 0.15) is 5.75 Å². The van der Waals surface area contributed by atoms with E-state index in [1.165, 1.54) is 0 Å². The third kappa shape index (κ3) is 6.07. The number of hydrogen-bond acceptors (Lipinski definition) is 4. The number of nitrogens with two attached hydrogens (primary N) is 1. The van der Waals surface area contributed by atoms with Crippen LogP contribution in [0.2, 0.25) is 0 Å². The molecule has 4 nitrogen and oxygen atoms in total. The normalized spacial score (nSPS) is 10.3. The molecule has 1 aromatic rings. The number of halogens is 1. The van der Waals surface area contributed by atoms with Crippen molar-refractivity contribution < 1.29 is 14.3 Å². The van der Waals surface area contributed by atoms with Crippen molar-refractivity contribution >= 4 is 21.9 Å². The van der Waals surface area contributed by atoms with Gasteiger partial charge in [0.05, 0.1) is 6.61 Å². The molecule has 106 valence electrons. The van der Waals surface area contributed by atoms with Gasteiger partial charge in [0.2, 0.25) is 0 Å². The molecule has 0 unspecified atom stereocenters. The maximum absolute atomic E-state index is 11.4. The van der Waals surface area contributed by atoms with Crippen molar-refractivity contribution in [1.82, 2.24) is 0 Å². The Labute approximate surface area is 122 Å². The van der Waals surface area contributed by atoms with Crippen LogP contribution in [0.4, 0.5) is 0 Å². The topological polar surface area (TPSA) is 61.5 Å². The Kier molecular flexibility index (Phi) is 7.52. The van der Waals surface area contributed by atoms with Crippen molar-refractivity contribution in [3.05, 3.63) is 28.2 Å². The summed E-state index contributed by atoms with van der Waals surface area (Å²) in [6, 6.07) is 5.65. The molecule has 0 aliphatic carbocycles. The van der Waals surface area contributed by atoms with Gasteiger partial charge in [-0.15, -0.1) is 0 Å². The minimum absolute atomic E-state index is 0.0665. The number of ether oxygens (including phenoxy) is 2. The van der Waals surface area contributed by atoms with E-state index in [-0.39, 0.29) is 12.6 Å². The summed E-state index contributed by atoms with van der Waals surface area (Å²) in [6.07, 6.45) is 2.59. The fourth-order valence-electron chi connectivity index (χ4n) is 1.55. The third-order valence-corrected chi connectivity index (χ3v) is 3.04. The fraction of sp³-hybridized carbons (Fsp3) is 0.500. The Bertz CT molecular complexity index is 410. The van der Waals surface area contributed by atoms with Gasteiger partial charge in [-0.25, -0.2) is 4.79 Å². The highest BCUT2D eigenvalue weighted by Gasteiger charge is 2.08. The Morgan fingerprint density at radius 3 is 2.89 bits per heavy atom. The van der Waals surface area contributed by atoms with E-state index in [0.29, 0.717) is 25.3 Å². The minimum Gasteiger partial charge on any atom is -0.482 e. The zero-order valence-electron chi connectivity index (χ0n) is 11.2. The minimum atomic E-state index is -0.338. The molecule has 0 heterocycles. The van der Waals surface area contributed by atoms with Crippen molar-refractivity contribution in [2.45, 2.75) is 26.2 Å². The van der Waals surface area contributed by atoms with Crippen molar-refractivity contribution in [3.8, 4) is 5.75 Å². The maximum Gasteiger partial charge on any atom is 0.344 e. The molecule has 0 fully saturated rings. The van der Waals surface area contributed by atoms with E-state index >= 15 is 0 Å².